The third kappa shape index (κ3) is 6.30. The number of nitrogens with one attached hydrogen (secondary N) is 1. The number of nitrogens with zero attached hydrogens (tertiary/aromatic N) is 1. The van der Waals surface area contributed by atoms with Crippen molar-refractivity contribution in [2.75, 3.05) is 32.1 Å². The molecule has 150 valence electrons. The molecule has 0 aliphatic carbocycles. The van der Waals surface area contributed by atoms with E-state index < -0.39 is 0 Å². The molecule has 6 heteroatoms. The first-order valence-electron chi connectivity index (χ1n) is 9.55. The van der Waals surface area contributed by atoms with Crippen LogP contribution >= 0.6 is 0 Å². The van der Waals surface area contributed by atoms with Crippen LogP contribution in [0.15, 0.2) is 48.5 Å². The normalized spacial score (nSPS) is 10.2. The SMILES string of the molecule is CCCOc1ccc(C(=O)N(C)CC(=O)Nc2ccccc2)cc1OCCC. The maximum atomic E-state index is 12.7. The van der Waals surface area contributed by atoms with E-state index >= 15 is 0 Å². The fourth-order valence-electron chi connectivity index (χ4n) is 2.53. The van der Waals surface area contributed by atoms with Crippen LogP contribution in [-0.4, -0.2) is 43.5 Å². The Kier molecular flexibility index (Phi) is 8.34. The predicted octanol–water partition coefficient (Wildman–Crippen LogP) is 3.97. The Labute approximate surface area is 166 Å². The zero-order valence-corrected chi connectivity index (χ0v) is 16.7. The highest BCUT2D eigenvalue weighted by atomic mass is 16.5. The topological polar surface area (TPSA) is 67.9 Å². The molecule has 2 aromatic rings. The number of anilines is 1. The number of ether oxygens (including phenoxy) is 2. The lowest BCUT2D eigenvalue weighted by Gasteiger charge is -2.18. The Balaban J connectivity index is 2.05. The molecule has 0 spiro atoms. The maximum Gasteiger partial charge on any atom is 0.254 e. The van der Waals surface area contributed by atoms with Gasteiger partial charge in [-0.15, -0.1) is 0 Å². The van der Waals surface area contributed by atoms with Gasteiger partial charge in [-0.05, 0) is 43.2 Å². The number of carbonyl (C=O) groups is 2. The summed E-state index contributed by atoms with van der Waals surface area (Å²) >= 11 is 0. The molecule has 6 nitrogen and oxygen atoms in total. The van der Waals surface area contributed by atoms with Gasteiger partial charge in [0.1, 0.15) is 0 Å². The zero-order chi connectivity index (χ0) is 20.4. The summed E-state index contributed by atoms with van der Waals surface area (Å²) in [6.07, 6.45) is 1.73. The van der Waals surface area contributed by atoms with Gasteiger partial charge in [-0.2, -0.15) is 0 Å². The predicted molar refractivity (Wildman–Crippen MR) is 110 cm³/mol. The van der Waals surface area contributed by atoms with Gasteiger partial charge in [-0.1, -0.05) is 32.0 Å². The molecule has 0 saturated carbocycles. The van der Waals surface area contributed by atoms with E-state index in [9.17, 15) is 9.59 Å². The third-order valence-corrected chi connectivity index (χ3v) is 3.90. The molecule has 2 amide bonds. The number of amides is 2. The zero-order valence-electron chi connectivity index (χ0n) is 16.7. The Morgan fingerprint density at radius 2 is 1.57 bits per heavy atom. The molecule has 0 aliphatic heterocycles. The number of benzene rings is 2. The Morgan fingerprint density at radius 3 is 2.21 bits per heavy atom. The van der Waals surface area contributed by atoms with Crippen LogP contribution in [0.5, 0.6) is 11.5 Å². The number of likely N-dealkylation sites (N-methyl/N-ethyl adjacent to an activating group) is 1. The molecule has 0 aromatic heterocycles. The monoisotopic (exact) mass is 384 g/mol. The van der Waals surface area contributed by atoms with Crippen molar-refractivity contribution in [3.8, 4) is 11.5 Å². The molecule has 0 bridgehead atoms. The van der Waals surface area contributed by atoms with Gasteiger partial charge >= 0.3 is 0 Å². The van der Waals surface area contributed by atoms with Gasteiger partial charge in [0.2, 0.25) is 5.91 Å². The molecular formula is C22H28N2O4. The highest BCUT2D eigenvalue weighted by Crippen LogP contribution is 2.29. The van der Waals surface area contributed by atoms with Gasteiger partial charge in [-0.3, -0.25) is 9.59 Å². The second-order valence-electron chi connectivity index (χ2n) is 6.43. The first kappa shape index (κ1) is 21.3. The van der Waals surface area contributed by atoms with Gasteiger partial charge in [0.15, 0.2) is 11.5 Å². The largest absolute Gasteiger partial charge is 0.490 e. The van der Waals surface area contributed by atoms with Crippen molar-refractivity contribution in [1.82, 2.24) is 4.90 Å². The molecule has 0 unspecified atom stereocenters. The van der Waals surface area contributed by atoms with Crippen LogP contribution in [0, 0.1) is 0 Å². The van der Waals surface area contributed by atoms with Gasteiger partial charge in [0, 0.05) is 18.3 Å². The summed E-state index contributed by atoms with van der Waals surface area (Å²) < 4.78 is 11.4. The van der Waals surface area contributed by atoms with E-state index in [-0.39, 0.29) is 18.4 Å². The lowest BCUT2D eigenvalue weighted by Crippen LogP contribution is -2.34. The number of hydrogen-bond acceptors (Lipinski definition) is 4. The average Bonchev–Trinajstić information content (AvgIpc) is 2.71. The molecule has 2 aromatic carbocycles. The standard InChI is InChI=1S/C22H28N2O4/c1-4-13-27-19-12-11-17(15-20(19)28-14-5-2)22(26)24(3)16-21(25)23-18-9-7-6-8-10-18/h6-12,15H,4-5,13-14,16H2,1-3H3,(H,23,25). The fourth-order valence-corrected chi connectivity index (χ4v) is 2.53. The van der Waals surface area contributed by atoms with Crippen molar-refractivity contribution in [3.63, 3.8) is 0 Å². The molecule has 0 heterocycles. The third-order valence-electron chi connectivity index (χ3n) is 3.90. The van der Waals surface area contributed by atoms with E-state index in [0.717, 1.165) is 12.8 Å². The number of carbonyl (C=O) groups excluding carboxylic acids is 2. The number of para-hydroxylation sites is 1. The van der Waals surface area contributed by atoms with Crippen LogP contribution in [0.2, 0.25) is 0 Å². The van der Waals surface area contributed by atoms with Gasteiger partial charge < -0.3 is 19.7 Å². The minimum absolute atomic E-state index is 0.0486. The minimum atomic E-state index is -0.258. The van der Waals surface area contributed by atoms with Crippen molar-refractivity contribution < 1.29 is 19.1 Å². The second-order valence-corrected chi connectivity index (χ2v) is 6.43. The highest BCUT2D eigenvalue weighted by molar-refractivity contribution is 5.99. The fraction of sp³-hybridized carbons (Fsp3) is 0.364. The molecular weight excluding hydrogens is 356 g/mol. The number of hydrogen-bond donors (Lipinski definition) is 1. The summed E-state index contributed by atoms with van der Waals surface area (Å²) in [6.45, 7) is 5.11. The van der Waals surface area contributed by atoms with Crippen molar-refractivity contribution in [3.05, 3.63) is 54.1 Å². The Hall–Kier alpha value is -3.02. The van der Waals surface area contributed by atoms with E-state index in [0.29, 0.717) is 36.0 Å². The first-order valence-corrected chi connectivity index (χ1v) is 9.55. The van der Waals surface area contributed by atoms with Crippen LogP contribution in [0.4, 0.5) is 5.69 Å². The van der Waals surface area contributed by atoms with Crippen molar-refractivity contribution >= 4 is 17.5 Å². The van der Waals surface area contributed by atoms with Crippen LogP contribution in [0.3, 0.4) is 0 Å². The molecule has 0 atom stereocenters. The summed E-state index contributed by atoms with van der Waals surface area (Å²) in [6, 6.07) is 14.3. The molecule has 0 radical (unpaired) electrons. The van der Waals surface area contributed by atoms with E-state index in [1.165, 1.54) is 4.90 Å². The Bertz CT molecular complexity index is 777. The van der Waals surface area contributed by atoms with E-state index in [1.54, 1.807) is 37.4 Å². The Morgan fingerprint density at radius 1 is 0.929 bits per heavy atom. The van der Waals surface area contributed by atoms with Gasteiger partial charge in [-0.25, -0.2) is 0 Å². The minimum Gasteiger partial charge on any atom is -0.490 e. The number of rotatable bonds is 10. The average molecular weight is 384 g/mol. The molecule has 1 N–H and O–H groups in total. The van der Waals surface area contributed by atoms with E-state index in [4.69, 9.17) is 9.47 Å². The first-order chi connectivity index (χ1) is 13.5. The summed E-state index contributed by atoms with van der Waals surface area (Å²) in [4.78, 5) is 26.3. The quantitative estimate of drug-likeness (QED) is 0.673. The van der Waals surface area contributed by atoms with Crippen LogP contribution < -0.4 is 14.8 Å². The lowest BCUT2D eigenvalue weighted by molar-refractivity contribution is -0.116. The van der Waals surface area contributed by atoms with Crippen LogP contribution in [0.25, 0.3) is 0 Å². The van der Waals surface area contributed by atoms with Crippen molar-refractivity contribution in [1.29, 1.82) is 0 Å². The highest BCUT2D eigenvalue weighted by Gasteiger charge is 2.17. The van der Waals surface area contributed by atoms with Gasteiger partial charge in [0.25, 0.3) is 5.91 Å². The van der Waals surface area contributed by atoms with Crippen LogP contribution in [-0.2, 0) is 4.79 Å². The maximum absolute atomic E-state index is 12.7. The van der Waals surface area contributed by atoms with Gasteiger partial charge in [0.05, 0.1) is 19.8 Å². The molecule has 0 saturated heterocycles. The van der Waals surface area contributed by atoms with E-state index in [2.05, 4.69) is 5.32 Å². The summed E-state index contributed by atoms with van der Waals surface area (Å²) in [5, 5.41) is 2.77. The summed E-state index contributed by atoms with van der Waals surface area (Å²) in [5.41, 5.74) is 1.14. The summed E-state index contributed by atoms with van der Waals surface area (Å²) in [7, 11) is 1.60. The second kappa shape index (κ2) is 11.0. The molecule has 0 aliphatic rings. The smallest absolute Gasteiger partial charge is 0.254 e. The van der Waals surface area contributed by atoms with Crippen molar-refractivity contribution in [2.24, 2.45) is 0 Å². The molecule has 28 heavy (non-hydrogen) atoms. The summed E-state index contributed by atoms with van der Waals surface area (Å²) in [5.74, 6) is 0.651. The molecule has 0 fully saturated rings. The van der Waals surface area contributed by atoms with E-state index in [1.807, 2.05) is 32.0 Å². The molecule has 2 rings (SSSR count). The van der Waals surface area contributed by atoms with Crippen LogP contribution in [0.1, 0.15) is 37.0 Å². The van der Waals surface area contributed by atoms with Crippen molar-refractivity contribution in [2.45, 2.75) is 26.7 Å². The lowest BCUT2D eigenvalue weighted by atomic mass is 10.1.